The highest BCUT2D eigenvalue weighted by atomic mass is 32.2. The van der Waals surface area contributed by atoms with Crippen molar-refractivity contribution in [2.24, 2.45) is 0 Å². The molecule has 0 bridgehead atoms. The number of ether oxygens (including phenoxy) is 1. The second-order valence-electron chi connectivity index (χ2n) is 8.44. The quantitative estimate of drug-likeness (QED) is 0.750. The zero-order valence-electron chi connectivity index (χ0n) is 17.7. The third-order valence-electron chi connectivity index (χ3n) is 6.67. The number of nitrogens with zero attached hydrogens (tertiary/aromatic N) is 1. The van der Waals surface area contributed by atoms with Gasteiger partial charge < -0.3 is 4.74 Å². The van der Waals surface area contributed by atoms with E-state index in [9.17, 15) is 8.42 Å². The maximum absolute atomic E-state index is 12.9. The first-order valence-electron chi connectivity index (χ1n) is 11.0. The third kappa shape index (κ3) is 4.71. The summed E-state index contributed by atoms with van der Waals surface area (Å²) in [6.45, 7) is 1.99. The predicted molar refractivity (Wildman–Crippen MR) is 119 cm³/mol. The van der Waals surface area contributed by atoms with E-state index in [1.807, 2.05) is 18.2 Å². The van der Waals surface area contributed by atoms with Gasteiger partial charge in [-0.15, -0.1) is 0 Å². The summed E-state index contributed by atoms with van der Waals surface area (Å²) in [7, 11) is -1.75. The molecule has 6 heteroatoms. The van der Waals surface area contributed by atoms with Crippen molar-refractivity contribution in [2.75, 3.05) is 20.2 Å². The molecule has 30 heavy (non-hydrogen) atoms. The van der Waals surface area contributed by atoms with Gasteiger partial charge in [0.05, 0.1) is 12.0 Å². The standard InChI is InChI=1S/C24H32N2O3S/c1-29-24-14-8-5-11-21(24)19-15-17-26(18-16-19)23-13-7-6-12-22(23)25-30(27,28)20-9-3-2-4-10-20/h2-5,8-11,14,19,22-23,25H,6-7,12-13,15-18H2,1H3/t22-,23-/m0/s1. The Labute approximate surface area is 180 Å². The van der Waals surface area contributed by atoms with E-state index in [4.69, 9.17) is 4.74 Å². The molecule has 1 saturated carbocycles. The molecular formula is C24H32N2O3S. The van der Waals surface area contributed by atoms with Crippen LogP contribution in [0.1, 0.15) is 50.0 Å². The first kappa shape index (κ1) is 21.3. The molecule has 2 atom stereocenters. The molecule has 5 nitrogen and oxygen atoms in total. The van der Waals surface area contributed by atoms with Crippen molar-refractivity contribution in [3.63, 3.8) is 0 Å². The summed E-state index contributed by atoms with van der Waals surface area (Å²) in [5, 5.41) is 0. The van der Waals surface area contributed by atoms with Crippen LogP contribution in [0.15, 0.2) is 59.5 Å². The van der Waals surface area contributed by atoms with Crippen LogP contribution < -0.4 is 9.46 Å². The van der Waals surface area contributed by atoms with Crippen molar-refractivity contribution in [1.82, 2.24) is 9.62 Å². The fraction of sp³-hybridized carbons (Fsp3) is 0.500. The van der Waals surface area contributed by atoms with Gasteiger partial charge in [0.15, 0.2) is 0 Å². The molecule has 2 aromatic carbocycles. The Bertz CT molecular complexity index is 924. The highest BCUT2D eigenvalue weighted by Gasteiger charge is 2.35. The summed E-state index contributed by atoms with van der Waals surface area (Å²) in [5.41, 5.74) is 1.30. The molecule has 0 amide bonds. The first-order valence-corrected chi connectivity index (χ1v) is 12.5. The molecule has 0 aromatic heterocycles. The van der Waals surface area contributed by atoms with Crippen LogP contribution in [0.25, 0.3) is 0 Å². The minimum atomic E-state index is -3.49. The van der Waals surface area contributed by atoms with Crippen LogP contribution in [0.4, 0.5) is 0 Å². The molecule has 0 unspecified atom stereocenters. The molecule has 1 aliphatic carbocycles. The molecule has 2 aliphatic rings. The van der Waals surface area contributed by atoms with Crippen molar-refractivity contribution < 1.29 is 13.2 Å². The van der Waals surface area contributed by atoms with Crippen LogP contribution in [0.3, 0.4) is 0 Å². The Morgan fingerprint density at radius 3 is 2.30 bits per heavy atom. The minimum Gasteiger partial charge on any atom is -0.496 e. The van der Waals surface area contributed by atoms with E-state index in [0.717, 1.165) is 50.9 Å². The number of para-hydroxylation sites is 1. The zero-order valence-corrected chi connectivity index (χ0v) is 18.5. The Hall–Kier alpha value is -1.89. The van der Waals surface area contributed by atoms with Crippen LogP contribution in [0.2, 0.25) is 0 Å². The Balaban J connectivity index is 1.43. The highest BCUT2D eigenvalue weighted by Crippen LogP contribution is 2.36. The number of sulfonamides is 1. The average molecular weight is 429 g/mol. The Kier molecular flexibility index (Phi) is 6.76. The molecule has 162 valence electrons. The summed E-state index contributed by atoms with van der Waals surface area (Å²) >= 11 is 0. The first-order chi connectivity index (χ1) is 14.6. The lowest BCUT2D eigenvalue weighted by Gasteiger charge is -2.43. The van der Waals surface area contributed by atoms with Gasteiger partial charge in [-0.05, 0) is 68.5 Å². The van der Waals surface area contributed by atoms with E-state index in [2.05, 4.69) is 21.8 Å². The van der Waals surface area contributed by atoms with Crippen LogP contribution in [0.5, 0.6) is 5.75 Å². The number of methoxy groups -OCH3 is 1. The predicted octanol–water partition coefficient (Wildman–Crippen LogP) is 4.16. The monoisotopic (exact) mass is 428 g/mol. The molecule has 1 N–H and O–H groups in total. The normalized spacial score (nSPS) is 23.9. The van der Waals surface area contributed by atoms with E-state index in [1.54, 1.807) is 31.4 Å². The lowest BCUT2D eigenvalue weighted by atomic mass is 9.85. The van der Waals surface area contributed by atoms with E-state index >= 15 is 0 Å². The van der Waals surface area contributed by atoms with Crippen LogP contribution >= 0.6 is 0 Å². The maximum Gasteiger partial charge on any atom is 0.240 e. The third-order valence-corrected chi connectivity index (χ3v) is 8.17. The largest absolute Gasteiger partial charge is 0.496 e. The molecule has 1 heterocycles. The second kappa shape index (κ2) is 9.50. The van der Waals surface area contributed by atoms with E-state index in [-0.39, 0.29) is 12.1 Å². The molecule has 2 aromatic rings. The molecule has 1 aliphatic heterocycles. The summed E-state index contributed by atoms with van der Waals surface area (Å²) in [6.07, 6.45) is 6.37. The summed E-state index contributed by atoms with van der Waals surface area (Å²) in [6, 6.07) is 17.3. The van der Waals surface area contributed by atoms with Gasteiger partial charge in [0.2, 0.25) is 10.0 Å². The molecule has 2 fully saturated rings. The number of hydrogen-bond donors (Lipinski definition) is 1. The van der Waals surface area contributed by atoms with E-state index in [1.165, 1.54) is 12.0 Å². The topological polar surface area (TPSA) is 58.6 Å². The van der Waals surface area contributed by atoms with Crippen molar-refractivity contribution in [2.45, 2.75) is 61.4 Å². The lowest BCUT2D eigenvalue weighted by molar-refractivity contribution is 0.102. The van der Waals surface area contributed by atoms with Crippen LogP contribution in [0, 0.1) is 0 Å². The van der Waals surface area contributed by atoms with Gasteiger partial charge in [-0.3, -0.25) is 4.90 Å². The minimum absolute atomic E-state index is 0.0215. The van der Waals surface area contributed by atoms with Gasteiger partial charge in [-0.25, -0.2) is 13.1 Å². The van der Waals surface area contributed by atoms with Gasteiger partial charge in [0.25, 0.3) is 0 Å². The number of hydrogen-bond acceptors (Lipinski definition) is 4. The zero-order chi connectivity index (χ0) is 21.0. The second-order valence-corrected chi connectivity index (χ2v) is 10.2. The van der Waals surface area contributed by atoms with Crippen molar-refractivity contribution >= 4 is 10.0 Å². The van der Waals surface area contributed by atoms with Gasteiger partial charge in [0.1, 0.15) is 5.75 Å². The van der Waals surface area contributed by atoms with E-state index in [0.29, 0.717) is 10.8 Å². The van der Waals surface area contributed by atoms with Crippen molar-refractivity contribution in [3.05, 3.63) is 60.2 Å². The number of rotatable bonds is 6. The van der Waals surface area contributed by atoms with Crippen LogP contribution in [-0.2, 0) is 10.0 Å². The number of likely N-dealkylation sites (tertiary alicyclic amines) is 1. The number of nitrogens with one attached hydrogen (secondary N) is 1. The molecule has 4 rings (SSSR count). The summed E-state index contributed by atoms with van der Waals surface area (Å²) in [4.78, 5) is 2.87. The molecule has 0 spiro atoms. The van der Waals surface area contributed by atoms with Crippen LogP contribution in [-0.4, -0.2) is 45.6 Å². The van der Waals surface area contributed by atoms with Gasteiger partial charge in [-0.1, -0.05) is 49.2 Å². The average Bonchev–Trinajstić information content (AvgIpc) is 2.80. The Morgan fingerprint density at radius 1 is 0.900 bits per heavy atom. The summed E-state index contributed by atoms with van der Waals surface area (Å²) < 4.78 is 34.4. The smallest absolute Gasteiger partial charge is 0.240 e. The highest BCUT2D eigenvalue weighted by molar-refractivity contribution is 7.89. The SMILES string of the molecule is COc1ccccc1C1CCN([C@H]2CCCC[C@@H]2NS(=O)(=O)c2ccccc2)CC1. The summed E-state index contributed by atoms with van der Waals surface area (Å²) in [5.74, 6) is 1.47. The van der Waals surface area contributed by atoms with Crippen molar-refractivity contribution in [1.29, 1.82) is 0 Å². The molecular weight excluding hydrogens is 396 g/mol. The lowest BCUT2D eigenvalue weighted by Crippen LogP contribution is -2.54. The Morgan fingerprint density at radius 2 is 1.57 bits per heavy atom. The van der Waals surface area contributed by atoms with Gasteiger partial charge >= 0.3 is 0 Å². The van der Waals surface area contributed by atoms with E-state index < -0.39 is 10.0 Å². The molecule has 1 saturated heterocycles. The maximum atomic E-state index is 12.9. The van der Waals surface area contributed by atoms with Crippen molar-refractivity contribution in [3.8, 4) is 5.75 Å². The fourth-order valence-electron chi connectivity index (χ4n) is 5.10. The fourth-order valence-corrected chi connectivity index (χ4v) is 6.42. The van der Waals surface area contributed by atoms with Gasteiger partial charge in [0, 0.05) is 12.1 Å². The van der Waals surface area contributed by atoms with Gasteiger partial charge in [-0.2, -0.15) is 0 Å². The molecule has 0 radical (unpaired) electrons. The number of piperidine rings is 1. The number of benzene rings is 2.